The molecule has 0 saturated carbocycles. The van der Waals surface area contributed by atoms with Crippen LogP contribution < -0.4 is 5.73 Å². The van der Waals surface area contributed by atoms with Crippen LogP contribution in [0.25, 0.3) is 0 Å². The summed E-state index contributed by atoms with van der Waals surface area (Å²) in [5, 5.41) is 0. The molecule has 0 aliphatic carbocycles. The quantitative estimate of drug-likeness (QED) is 0.493. The molecule has 1 rings (SSSR count). The first-order valence-electron chi connectivity index (χ1n) is 5.90. The summed E-state index contributed by atoms with van der Waals surface area (Å²) in [6, 6.07) is 0.398. The normalized spacial score (nSPS) is 18.5. The third-order valence-electron chi connectivity index (χ3n) is 2.74. The Morgan fingerprint density at radius 2 is 1.88 bits per heavy atom. The fraction of sp³-hybridized carbons (Fsp3) is 0.833. The number of hydrogen-bond donors (Lipinski definition) is 1. The van der Waals surface area contributed by atoms with E-state index >= 15 is 0 Å². The summed E-state index contributed by atoms with van der Waals surface area (Å²) >= 11 is 0. The summed E-state index contributed by atoms with van der Waals surface area (Å²) in [5.41, 5.74) is 5.83. The second kappa shape index (κ2) is 8.54. The smallest absolute Gasteiger partial charge is 0.107 e. The lowest BCUT2D eigenvalue weighted by molar-refractivity contribution is 0.0456. The van der Waals surface area contributed by atoms with E-state index in [1.54, 1.807) is 0 Å². The highest BCUT2D eigenvalue weighted by molar-refractivity contribution is 4.82. The molecular weight excluding hydrogens is 204 g/mol. The number of likely N-dealkylation sites (tertiary alicyclic amines) is 1. The van der Waals surface area contributed by atoms with Crippen molar-refractivity contribution in [3.05, 3.63) is 0 Å². The first-order valence-corrected chi connectivity index (χ1v) is 5.90. The minimum Gasteiger partial charge on any atom is -0.378 e. The molecule has 1 saturated heterocycles. The number of nitrogens with two attached hydrogens (primary N) is 1. The standard InChI is InChI=1S/C12H22N2O2/c1-2-8-15-10-11-16-9-7-14-5-3-12(13)4-6-14/h1,12H,3-11,13H2. The van der Waals surface area contributed by atoms with Crippen molar-refractivity contribution in [3.8, 4) is 12.3 Å². The lowest BCUT2D eigenvalue weighted by Gasteiger charge is -2.29. The highest BCUT2D eigenvalue weighted by Gasteiger charge is 2.14. The Hall–Kier alpha value is -0.600. The van der Waals surface area contributed by atoms with Crippen LogP contribution in [0.4, 0.5) is 0 Å². The van der Waals surface area contributed by atoms with Crippen LogP contribution in [0.15, 0.2) is 0 Å². The van der Waals surface area contributed by atoms with Gasteiger partial charge in [-0.05, 0) is 25.9 Å². The molecule has 0 amide bonds. The summed E-state index contributed by atoms with van der Waals surface area (Å²) in [6.45, 7) is 5.50. The van der Waals surface area contributed by atoms with Crippen LogP contribution in [0.2, 0.25) is 0 Å². The van der Waals surface area contributed by atoms with Crippen molar-refractivity contribution < 1.29 is 9.47 Å². The van der Waals surface area contributed by atoms with Crippen LogP contribution in [-0.2, 0) is 9.47 Å². The number of ether oxygens (including phenoxy) is 2. The van der Waals surface area contributed by atoms with E-state index in [2.05, 4.69) is 10.8 Å². The number of piperidine rings is 1. The largest absolute Gasteiger partial charge is 0.378 e. The first kappa shape index (κ1) is 13.5. The molecule has 0 aromatic heterocycles. The van der Waals surface area contributed by atoms with Gasteiger partial charge in [0, 0.05) is 12.6 Å². The average molecular weight is 226 g/mol. The molecule has 1 heterocycles. The van der Waals surface area contributed by atoms with Gasteiger partial charge in [-0.2, -0.15) is 0 Å². The molecule has 0 spiro atoms. The Labute approximate surface area is 98.1 Å². The molecule has 0 unspecified atom stereocenters. The van der Waals surface area contributed by atoms with E-state index in [0.717, 1.165) is 39.1 Å². The van der Waals surface area contributed by atoms with Gasteiger partial charge < -0.3 is 20.1 Å². The Bertz CT molecular complexity index is 208. The predicted octanol–water partition coefficient (Wildman–Crippen LogP) is 0.0759. The zero-order valence-electron chi connectivity index (χ0n) is 9.86. The monoisotopic (exact) mass is 226 g/mol. The summed E-state index contributed by atoms with van der Waals surface area (Å²) in [7, 11) is 0. The van der Waals surface area contributed by atoms with Gasteiger partial charge in [0.25, 0.3) is 0 Å². The number of nitrogens with zero attached hydrogens (tertiary/aromatic N) is 1. The van der Waals surface area contributed by atoms with Gasteiger partial charge in [-0.25, -0.2) is 0 Å². The van der Waals surface area contributed by atoms with Crippen molar-refractivity contribution in [1.82, 2.24) is 4.90 Å². The van der Waals surface area contributed by atoms with Gasteiger partial charge in [-0.1, -0.05) is 5.92 Å². The SMILES string of the molecule is C#CCOCCOCCN1CCC(N)CC1. The van der Waals surface area contributed by atoms with Crippen LogP contribution >= 0.6 is 0 Å². The molecule has 92 valence electrons. The van der Waals surface area contributed by atoms with E-state index in [-0.39, 0.29) is 0 Å². The Morgan fingerprint density at radius 3 is 2.56 bits per heavy atom. The summed E-state index contributed by atoms with van der Waals surface area (Å²) in [5.74, 6) is 2.42. The zero-order chi connectivity index (χ0) is 11.6. The fourth-order valence-corrected chi connectivity index (χ4v) is 1.72. The van der Waals surface area contributed by atoms with Gasteiger partial charge in [0.1, 0.15) is 6.61 Å². The van der Waals surface area contributed by atoms with E-state index in [9.17, 15) is 0 Å². The molecule has 0 aromatic carbocycles. The Kier molecular flexibility index (Phi) is 7.19. The molecule has 4 heteroatoms. The van der Waals surface area contributed by atoms with Gasteiger partial charge in [0.05, 0.1) is 19.8 Å². The van der Waals surface area contributed by atoms with Gasteiger partial charge in [-0.15, -0.1) is 6.42 Å². The molecule has 4 nitrogen and oxygen atoms in total. The molecule has 1 aliphatic heterocycles. The molecular formula is C12H22N2O2. The third kappa shape index (κ3) is 6.09. The molecule has 16 heavy (non-hydrogen) atoms. The minimum absolute atomic E-state index is 0.368. The molecule has 0 aromatic rings. The maximum atomic E-state index is 5.83. The van der Waals surface area contributed by atoms with Crippen molar-refractivity contribution in [3.63, 3.8) is 0 Å². The van der Waals surface area contributed by atoms with Crippen molar-refractivity contribution >= 4 is 0 Å². The maximum Gasteiger partial charge on any atom is 0.107 e. The molecule has 0 radical (unpaired) electrons. The number of rotatable bonds is 7. The fourth-order valence-electron chi connectivity index (χ4n) is 1.72. The highest BCUT2D eigenvalue weighted by atomic mass is 16.5. The van der Waals surface area contributed by atoms with Gasteiger partial charge in [0.2, 0.25) is 0 Å². The Morgan fingerprint density at radius 1 is 1.19 bits per heavy atom. The molecule has 0 atom stereocenters. The summed E-state index contributed by atoms with van der Waals surface area (Å²) in [6.07, 6.45) is 7.25. The third-order valence-corrected chi connectivity index (χ3v) is 2.74. The maximum absolute atomic E-state index is 5.83. The van der Waals surface area contributed by atoms with E-state index < -0.39 is 0 Å². The average Bonchev–Trinajstić information content (AvgIpc) is 2.30. The van der Waals surface area contributed by atoms with Crippen LogP contribution in [0.1, 0.15) is 12.8 Å². The van der Waals surface area contributed by atoms with Gasteiger partial charge in [-0.3, -0.25) is 0 Å². The van der Waals surface area contributed by atoms with E-state index in [1.807, 2.05) is 0 Å². The molecule has 1 fully saturated rings. The summed E-state index contributed by atoms with van der Waals surface area (Å²) in [4.78, 5) is 2.39. The van der Waals surface area contributed by atoms with Crippen molar-refractivity contribution in [2.75, 3.05) is 46.1 Å². The predicted molar refractivity (Wildman–Crippen MR) is 64.1 cm³/mol. The lowest BCUT2D eigenvalue weighted by Crippen LogP contribution is -2.41. The van der Waals surface area contributed by atoms with Crippen molar-refractivity contribution in [1.29, 1.82) is 0 Å². The molecule has 0 bridgehead atoms. The van der Waals surface area contributed by atoms with Gasteiger partial charge in [0.15, 0.2) is 0 Å². The van der Waals surface area contributed by atoms with Crippen molar-refractivity contribution in [2.24, 2.45) is 5.73 Å². The van der Waals surface area contributed by atoms with Crippen LogP contribution in [0.3, 0.4) is 0 Å². The zero-order valence-corrected chi connectivity index (χ0v) is 9.86. The second-order valence-electron chi connectivity index (χ2n) is 4.05. The van der Waals surface area contributed by atoms with Crippen LogP contribution in [0, 0.1) is 12.3 Å². The molecule has 1 aliphatic rings. The van der Waals surface area contributed by atoms with Crippen LogP contribution in [-0.4, -0.2) is 57.0 Å². The van der Waals surface area contributed by atoms with E-state index in [1.165, 1.54) is 0 Å². The van der Waals surface area contributed by atoms with Gasteiger partial charge >= 0.3 is 0 Å². The summed E-state index contributed by atoms with van der Waals surface area (Å²) < 4.78 is 10.5. The highest BCUT2D eigenvalue weighted by Crippen LogP contribution is 2.07. The second-order valence-corrected chi connectivity index (χ2v) is 4.05. The van der Waals surface area contributed by atoms with E-state index in [4.69, 9.17) is 21.6 Å². The lowest BCUT2D eigenvalue weighted by atomic mass is 10.1. The number of hydrogen-bond acceptors (Lipinski definition) is 4. The first-order chi connectivity index (χ1) is 7.83. The minimum atomic E-state index is 0.368. The Balaban J connectivity index is 1.86. The van der Waals surface area contributed by atoms with Crippen LogP contribution in [0.5, 0.6) is 0 Å². The topological polar surface area (TPSA) is 47.7 Å². The van der Waals surface area contributed by atoms with E-state index in [0.29, 0.717) is 25.9 Å². The number of terminal acetylenes is 1. The van der Waals surface area contributed by atoms with Crippen molar-refractivity contribution in [2.45, 2.75) is 18.9 Å². The molecule has 2 N–H and O–H groups in total.